The molecule has 0 aromatic carbocycles. The molecule has 0 aliphatic carbocycles. The third-order valence-corrected chi connectivity index (χ3v) is 1.83. The molecule has 10 heavy (non-hydrogen) atoms. The van der Waals surface area contributed by atoms with E-state index in [9.17, 15) is 0 Å². The number of likely N-dealkylation sites (N-methyl/N-ethyl adjacent to an activating group) is 1. The molecule has 2 heterocycles. The van der Waals surface area contributed by atoms with E-state index in [1.807, 2.05) is 24.4 Å². The first-order valence-electron chi connectivity index (χ1n) is 3.29. The fraction of sp³-hybridized carbons (Fsp3) is 0.125. The number of hydrogen-bond donors (Lipinski definition) is 0. The van der Waals surface area contributed by atoms with Crippen molar-refractivity contribution >= 4 is 5.84 Å². The number of allylic oxidation sites excluding steroid dienone is 2. The Balaban J connectivity index is 2.51. The van der Waals surface area contributed by atoms with Crippen LogP contribution in [0.2, 0.25) is 0 Å². The zero-order valence-electron chi connectivity index (χ0n) is 5.86. The largest absolute Gasteiger partial charge is 0.236 e. The molecule has 1 atom stereocenters. The summed E-state index contributed by atoms with van der Waals surface area (Å²) in [6, 6.07) is 0. The Labute approximate surface area is 60.1 Å². The van der Waals surface area contributed by atoms with E-state index in [4.69, 9.17) is 0 Å². The SMILES string of the molecule is C[N@@+]12C=CC=CC1=NC=C2. The minimum absolute atomic E-state index is 0.719. The summed E-state index contributed by atoms with van der Waals surface area (Å²) in [6.07, 6.45) is 12.1. The number of quaternary nitrogens is 1. The van der Waals surface area contributed by atoms with Crippen molar-refractivity contribution in [3.8, 4) is 0 Å². The Hall–Kier alpha value is -1.15. The van der Waals surface area contributed by atoms with Gasteiger partial charge in [-0.1, -0.05) is 0 Å². The van der Waals surface area contributed by atoms with Crippen molar-refractivity contribution in [3.63, 3.8) is 0 Å². The second-order valence-electron chi connectivity index (χ2n) is 2.63. The lowest BCUT2D eigenvalue weighted by atomic mass is 10.3. The molecule has 0 aromatic heterocycles. The number of rotatable bonds is 0. The molecule has 0 amide bonds. The standard InChI is InChI=1S/C8H9N2/c1-10-6-3-2-4-8(10)9-5-7-10/h2-7H,1H3/q+1/t10-/m0/s1. The number of amidine groups is 1. The third kappa shape index (κ3) is 0.595. The maximum Gasteiger partial charge on any atom is 0.236 e. The van der Waals surface area contributed by atoms with Crippen LogP contribution in [-0.4, -0.2) is 17.4 Å². The lowest BCUT2D eigenvalue weighted by Gasteiger charge is -2.21. The molecular formula is C8H9N2+. The summed E-state index contributed by atoms with van der Waals surface area (Å²) < 4.78 is 0.719. The molecule has 0 radical (unpaired) electrons. The highest BCUT2D eigenvalue weighted by atomic mass is 15.4. The van der Waals surface area contributed by atoms with Crippen LogP contribution in [-0.2, 0) is 0 Å². The van der Waals surface area contributed by atoms with E-state index in [1.54, 1.807) is 0 Å². The van der Waals surface area contributed by atoms with Gasteiger partial charge in [0.25, 0.3) is 0 Å². The first kappa shape index (κ1) is 5.62. The van der Waals surface area contributed by atoms with E-state index in [2.05, 4.69) is 24.4 Å². The van der Waals surface area contributed by atoms with Crippen LogP contribution in [0, 0.1) is 0 Å². The molecule has 2 aliphatic rings. The summed E-state index contributed by atoms with van der Waals surface area (Å²) in [5, 5.41) is 0. The van der Waals surface area contributed by atoms with Crippen LogP contribution >= 0.6 is 0 Å². The van der Waals surface area contributed by atoms with Crippen molar-refractivity contribution in [2.75, 3.05) is 7.05 Å². The maximum absolute atomic E-state index is 4.20. The van der Waals surface area contributed by atoms with Gasteiger partial charge in [-0.15, -0.1) is 0 Å². The molecule has 0 saturated heterocycles. The summed E-state index contributed by atoms with van der Waals surface area (Å²) >= 11 is 0. The van der Waals surface area contributed by atoms with Gasteiger partial charge in [-0.3, -0.25) is 0 Å². The molecule has 2 aliphatic heterocycles. The van der Waals surface area contributed by atoms with E-state index < -0.39 is 0 Å². The van der Waals surface area contributed by atoms with Gasteiger partial charge in [-0.25, -0.2) is 4.48 Å². The Morgan fingerprint density at radius 2 is 2.20 bits per heavy atom. The van der Waals surface area contributed by atoms with Gasteiger partial charge in [-0.2, -0.15) is 4.99 Å². The fourth-order valence-corrected chi connectivity index (χ4v) is 1.15. The second kappa shape index (κ2) is 1.67. The molecule has 0 fully saturated rings. The molecule has 2 heteroatoms. The van der Waals surface area contributed by atoms with E-state index in [-0.39, 0.29) is 0 Å². The third-order valence-electron chi connectivity index (χ3n) is 1.83. The monoisotopic (exact) mass is 133 g/mol. The predicted molar refractivity (Wildman–Crippen MR) is 41.0 cm³/mol. The molecule has 0 spiro atoms. The Morgan fingerprint density at radius 3 is 3.00 bits per heavy atom. The molecule has 0 saturated carbocycles. The van der Waals surface area contributed by atoms with Crippen molar-refractivity contribution in [1.29, 1.82) is 0 Å². The predicted octanol–water partition coefficient (Wildman–Crippen LogP) is 1.40. The lowest BCUT2D eigenvalue weighted by Crippen LogP contribution is -2.36. The van der Waals surface area contributed by atoms with E-state index >= 15 is 0 Å². The van der Waals surface area contributed by atoms with Crippen LogP contribution in [0.4, 0.5) is 0 Å². The van der Waals surface area contributed by atoms with Crippen LogP contribution in [0.15, 0.2) is 41.8 Å². The highest BCUT2D eigenvalue weighted by molar-refractivity contribution is 5.90. The lowest BCUT2D eigenvalue weighted by molar-refractivity contribution is -0.703. The summed E-state index contributed by atoms with van der Waals surface area (Å²) in [4.78, 5) is 4.20. The number of aliphatic imine (C=N–C) groups is 1. The van der Waals surface area contributed by atoms with Gasteiger partial charge < -0.3 is 0 Å². The summed E-state index contributed by atoms with van der Waals surface area (Å²) in [5.74, 6) is 1.09. The van der Waals surface area contributed by atoms with Crippen molar-refractivity contribution in [2.45, 2.75) is 0 Å². The van der Waals surface area contributed by atoms with E-state index in [0.29, 0.717) is 0 Å². The fourth-order valence-electron chi connectivity index (χ4n) is 1.15. The summed E-state index contributed by atoms with van der Waals surface area (Å²) in [7, 11) is 2.10. The summed E-state index contributed by atoms with van der Waals surface area (Å²) in [5.41, 5.74) is 0. The molecule has 0 N–H and O–H groups in total. The topological polar surface area (TPSA) is 12.4 Å². The van der Waals surface area contributed by atoms with Crippen LogP contribution in [0.1, 0.15) is 0 Å². The number of nitrogens with zero attached hydrogens (tertiary/aromatic N) is 2. The minimum Gasteiger partial charge on any atom is -0.224 e. The van der Waals surface area contributed by atoms with Gasteiger partial charge in [0, 0.05) is 6.08 Å². The Bertz CT molecular complexity index is 271. The first-order valence-corrected chi connectivity index (χ1v) is 3.29. The quantitative estimate of drug-likeness (QED) is 0.443. The van der Waals surface area contributed by atoms with Gasteiger partial charge in [0.2, 0.25) is 5.84 Å². The number of hydrogen-bond acceptors (Lipinski definition) is 1. The van der Waals surface area contributed by atoms with Crippen LogP contribution in [0.25, 0.3) is 0 Å². The van der Waals surface area contributed by atoms with Gasteiger partial charge >= 0.3 is 0 Å². The Morgan fingerprint density at radius 1 is 1.30 bits per heavy atom. The average Bonchev–Trinajstić information content (AvgIpc) is 2.29. The van der Waals surface area contributed by atoms with Crippen LogP contribution in [0.3, 0.4) is 0 Å². The van der Waals surface area contributed by atoms with Crippen LogP contribution < -0.4 is 0 Å². The minimum atomic E-state index is 0.719. The van der Waals surface area contributed by atoms with Gasteiger partial charge in [0.1, 0.15) is 12.4 Å². The molecule has 0 bridgehead atoms. The maximum atomic E-state index is 4.20. The van der Waals surface area contributed by atoms with Crippen LogP contribution in [0.5, 0.6) is 0 Å². The normalized spacial score (nSPS) is 34.3. The first-order chi connectivity index (χ1) is 4.81. The Kier molecular flexibility index (Phi) is 0.939. The molecule has 50 valence electrons. The highest BCUT2D eigenvalue weighted by Crippen LogP contribution is 2.18. The van der Waals surface area contributed by atoms with Gasteiger partial charge in [0.05, 0.1) is 13.2 Å². The van der Waals surface area contributed by atoms with Crippen molar-refractivity contribution in [1.82, 2.24) is 0 Å². The van der Waals surface area contributed by atoms with Crippen molar-refractivity contribution in [3.05, 3.63) is 36.8 Å². The average molecular weight is 133 g/mol. The van der Waals surface area contributed by atoms with E-state index in [0.717, 1.165) is 10.3 Å². The van der Waals surface area contributed by atoms with Crippen molar-refractivity contribution < 1.29 is 4.48 Å². The summed E-state index contributed by atoms with van der Waals surface area (Å²) in [6.45, 7) is 0. The number of fused-ring (bicyclic) bond motifs is 1. The second-order valence-corrected chi connectivity index (χ2v) is 2.63. The molecular weight excluding hydrogens is 124 g/mol. The van der Waals surface area contributed by atoms with Crippen molar-refractivity contribution in [2.24, 2.45) is 4.99 Å². The molecule has 2 nitrogen and oxygen atoms in total. The smallest absolute Gasteiger partial charge is 0.224 e. The zero-order valence-corrected chi connectivity index (χ0v) is 5.86. The molecule has 2 rings (SSSR count). The highest BCUT2D eigenvalue weighted by Gasteiger charge is 2.27. The van der Waals surface area contributed by atoms with Gasteiger partial charge in [0.15, 0.2) is 0 Å². The molecule has 0 aromatic rings. The van der Waals surface area contributed by atoms with Gasteiger partial charge in [-0.05, 0) is 12.2 Å². The zero-order chi connectivity index (χ0) is 7.03. The molecule has 0 unspecified atom stereocenters. The van der Waals surface area contributed by atoms with E-state index in [1.165, 1.54) is 0 Å².